The van der Waals surface area contributed by atoms with E-state index in [4.69, 9.17) is 9.47 Å². The first kappa shape index (κ1) is 37.6. The molecule has 0 radical (unpaired) electrons. The molecule has 1 amide bonds. The molecule has 0 fully saturated rings. The predicted octanol–water partition coefficient (Wildman–Crippen LogP) is 3.83. The zero-order valence-electron chi connectivity index (χ0n) is 26.9. The number of esters is 1. The minimum atomic E-state index is -1.17. The number of aliphatic hydroxyl groups excluding tert-OH is 2. The van der Waals surface area contributed by atoms with Crippen molar-refractivity contribution in [1.82, 2.24) is 15.1 Å². The minimum Gasteiger partial charge on any atom is -0.481 e. The summed E-state index contributed by atoms with van der Waals surface area (Å²) in [5.74, 6) is -3.68. The number of carbonyl (C=O) groups excluding carboxylic acids is 2. The normalized spacial score (nSPS) is 14.0. The number of rotatable bonds is 21. The van der Waals surface area contributed by atoms with Crippen molar-refractivity contribution in [3.8, 4) is 0 Å². The number of nitrogens with one attached hydrogen (secondary N) is 1. The Morgan fingerprint density at radius 3 is 1.65 bits per heavy atom. The van der Waals surface area contributed by atoms with Crippen LogP contribution in [0.15, 0.2) is 84.5 Å². The van der Waals surface area contributed by atoms with Crippen molar-refractivity contribution >= 4 is 24.0 Å². The molecule has 1 aliphatic rings. The highest BCUT2D eigenvalue weighted by molar-refractivity contribution is 5.80. The summed E-state index contributed by atoms with van der Waals surface area (Å²) in [5.41, 5.74) is 2.76. The molecular weight excluding hydrogens is 622 g/mol. The summed E-state index contributed by atoms with van der Waals surface area (Å²) in [6.07, 6.45) is 4.96. The van der Waals surface area contributed by atoms with Crippen molar-refractivity contribution in [3.05, 3.63) is 95.6 Å². The summed E-state index contributed by atoms with van der Waals surface area (Å²) in [4.78, 5) is 51.5. The maximum absolute atomic E-state index is 12.2. The van der Waals surface area contributed by atoms with Gasteiger partial charge in [0.2, 0.25) is 0 Å². The highest BCUT2D eigenvalue weighted by Crippen LogP contribution is 2.22. The first-order valence-electron chi connectivity index (χ1n) is 16.0. The van der Waals surface area contributed by atoms with Crippen LogP contribution in [0.1, 0.15) is 56.1 Å². The van der Waals surface area contributed by atoms with Crippen LogP contribution in [0, 0.1) is 5.92 Å². The van der Waals surface area contributed by atoms with E-state index >= 15 is 0 Å². The number of aliphatic hydroxyl groups is 2. The first-order valence-corrected chi connectivity index (χ1v) is 16.0. The molecule has 0 spiro atoms. The Morgan fingerprint density at radius 2 is 1.17 bits per heavy atom. The summed E-state index contributed by atoms with van der Waals surface area (Å²) in [5, 5.41) is 41.6. The zero-order chi connectivity index (χ0) is 34.7. The van der Waals surface area contributed by atoms with Gasteiger partial charge in [-0.3, -0.25) is 9.59 Å². The number of amides is 1. The fraction of sp³-hybridized carbons (Fsp3) is 0.429. The highest BCUT2D eigenvalue weighted by atomic mass is 16.5. The number of carboxylic acids is 2. The molecule has 3 rings (SSSR count). The summed E-state index contributed by atoms with van der Waals surface area (Å²) >= 11 is 0. The van der Waals surface area contributed by atoms with Gasteiger partial charge in [0, 0.05) is 25.5 Å². The van der Waals surface area contributed by atoms with Crippen LogP contribution in [-0.2, 0) is 37.1 Å². The van der Waals surface area contributed by atoms with Gasteiger partial charge in [0.15, 0.2) is 0 Å². The van der Waals surface area contributed by atoms with Gasteiger partial charge >= 0.3 is 24.0 Å². The van der Waals surface area contributed by atoms with Crippen LogP contribution in [0.3, 0.4) is 0 Å². The Balaban J connectivity index is 1.41. The number of carbonyl (C=O) groups is 4. The number of ether oxygens (including phenoxy) is 2. The summed E-state index contributed by atoms with van der Waals surface area (Å²) < 4.78 is 10.4. The maximum Gasteiger partial charge on any atom is 0.408 e. The quantitative estimate of drug-likeness (QED) is 0.0959. The molecule has 13 nitrogen and oxygen atoms in total. The maximum atomic E-state index is 12.2. The van der Waals surface area contributed by atoms with Gasteiger partial charge in [0.25, 0.3) is 0 Å². The average Bonchev–Trinajstić information content (AvgIpc) is 3.09. The lowest BCUT2D eigenvalue weighted by atomic mass is 9.98. The van der Waals surface area contributed by atoms with E-state index in [1.807, 2.05) is 48.5 Å². The second kappa shape index (κ2) is 20.4. The van der Waals surface area contributed by atoms with Crippen LogP contribution in [0.4, 0.5) is 4.79 Å². The number of hydrogen-bond donors (Lipinski definition) is 5. The monoisotopic (exact) mass is 667 g/mol. The van der Waals surface area contributed by atoms with Crippen molar-refractivity contribution in [2.24, 2.45) is 5.92 Å². The molecule has 48 heavy (non-hydrogen) atoms. The summed E-state index contributed by atoms with van der Waals surface area (Å²) in [7, 11) is 0. The van der Waals surface area contributed by atoms with Gasteiger partial charge in [-0.05, 0) is 43.2 Å². The second-order valence-electron chi connectivity index (χ2n) is 11.4. The Morgan fingerprint density at radius 1 is 0.667 bits per heavy atom. The van der Waals surface area contributed by atoms with E-state index in [0.29, 0.717) is 50.2 Å². The number of benzene rings is 2. The lowest BCUT2D eigenvalue weighted by Gasteiger charge is -2.34. The fourth-order valence-corrected chi connectivity index (χ4v) is 5.13. The minimum absolute atomic E-state index is 0.0235. The van der Waals surface area contributed by atoms with Gasteiger partial charge in [-0.15, -0.1) is 0 Å². The molecule has 0 unspecified atom stereocenters. The highest BCUT2D eigenvalue weighted by Gasteiger charge is 2.24. The number of carboxylic acid groups (broad SMARTS) is 2. The van der Waals surface area contributed by atoms with E-state index in [0.717, 1.165) is 11.1 Å². The van der Waals surface area contributed by atoms with Gasteiger partial charge in [0.1, 0.15) is 19.3 Å². The van der Waals surface area contributed by atoms with Crippen LogP contribution in [0.2, 0.25) is 0 Å². The predicted molar refractivity (Wildman–Crippen MR) is 175 cm³/mol. The molecular formula is C35H45N3O10. The van der Waals surface area contributed by atoms with Gasteiger partial charge in [-0.1, -0.05) is 67.1 Å². The van der Waals surface area contributed by atoms with Crippen LogP contribution >= 0.6 is 0 Å². The van der Waals surface area contributed by atoms with E-state index < -0.39 is 36.0 Å². The van der Waals surface area contributed by atoms with E-state index in [1.165, 1.54) is 0 Å². The fourth-order valence-electron chi connectivity index (χ4n) is 5.13. The molecule has 0 saturated heterocycles. The van der Waals surface area contributed by atoms with Gasteiger partial charge < -0.3 is 45.0 Å². The van der Waals surface area contributed by atoms with E-state index in [2.05, 4.69) is 5.32 Å². The number of unbranched alkanes of at least 4 members (excludes halogenated alkanes) is 2. The molecule has 0 aromatic heterocycles. The topological polar surface area (TPSA) is 186 Å². The third-order valence-corrected chi connectivity index (χ3v) is 7.82. The lowest BCUT2D eigenvalue weighted by Crippen LogP contribution is -2.41. The molecule has 1 aliphatic heterocycles. The summed E-state index contributed by atoms with van der Waals surface area (Å²) in [6, 6.07) is 17.1. The van der Waals surface area contributed by atoms with E-state index in [1.54, 1.807) is 34.3 Å². The number of nitrogens with zero attached hydrogens (tertiary/aromatic N) is 2. The molecule has 2 aromatic carbocycles. The third-order valence-electron chi connectivity index (χ3n) is 7.82. The lowest BCUT2D eigenvalue weighted by molar-refractivity contribution is -0.152. The standard InChI is InChI=1S/C35H45N3O10/c39-22-29-21-38(18-10-8-16-31(34(44)45)36-35(46)48-25-27-13-5-2-6-14-27)30(23-40)20-37(29)17-9-7-15-28(33(42)43)19-32(41)47-24-26-11-3-1-4-12-26/h1-6,11-14,20-21,28,31,39-40H,7-10,15-19,22-25H2,(H,36,46)(H,42,43)(H,44,45)/t28-,31+/m1/s1. The van der Waals surface area contributed by atoms with Crippen LogP contribution in [-0.4, -0.2) is 86.6 Å². The van der Waals surface area contributed by atoms with Gasteiger partial charge in [0.05, 0.1) is 36.9 Å². The largest absolute Gasteiger partial charge is 0.481 e. The Hall–Kier alpha value is -4.88. The smallest absolute Gasteiger partial charge is 0.408 e. The third kappa shape index (κ3) is 13.1. The number of aliphatic carboxylic acids is 2. The van der Waals surface area contributed by atoms with E-state index in [-0.39, 0.29) is 45.7 Å². The van der Waals surface area contributed by atoms with Crippen molar-refractivity contribution in [1.29, 1.82) is 0 Å². The molecule has 0 aliphatic carbocycles. The molecule has 5 N–H and O–H groups in total. The number of alkyl carbamates (subject to hydrolysis) is 1. The Bertz CT molecular complexity index is 1280. The van der Waals surface area contributed by atoms with Crippen molar-refractivity contribution in [3.63, 3.8) is 0 Å². The van der Waals surface area contributed by atoms with Crippen LogP contribution in [0.5, 0.6) is 0 Å². The molecule has 2 atom stereocenters. The zero-order valence-corrected chi connectivity index (χ0v) is 26.9. The Kier molecular flexibility index (Phi) is 16.0. The molecule has 0 saturated carbocycles. The van der Waals surface area contributed by atoms with E-state index in [9.17, 15) is 39.6 Å². The SMILES string of the molecule is O=C(C[C@@H](CCCCN1C=C(CO)N(CCCC[C@H](NC(=O)OCc2ccccc2)C(=O)O)C=C1CO)C(=O)O)OCc1ccccc1. The number of hydrogen-bond acceptors (Lipinski definition) is 10. The van der Waals surface area contributed by atoms with Crippen molar-refractivity contribution < 1.29 is 49.1 Å². The van der Waals surface area contributed by atoms with Crippen molar-refractivity contribution in [2.45, 2.75) is 64.2 Å². The van der Waals surface area contributed by atoms with Crippen LogP contribution in [0.25, 0.3) is 0 Å². The molecule has 1 heterocycles. The van der Waals surface area contributed by atoms with Gasteiger partial charge in [-0.25, -0.2) is 9.59 Å². The first-order chi connectivity index (χ1) is 23.2. The van der Waals surface area contributed by atoms with Crippen LogP contribution < -0.4 is 5.32 Å². The summed E-state index contributed by atoms with van der Waals surface area (Å²) in [6.45, 7) is 0.461. The molecule has 260 valence electrons. The molecule has 0 bridgehead atoms. The average molecular weight is 668 g/mol. The van der Waals surface area contributed by atoms with Crippen molar-refractivity contribution in [2.75, 3.05) is 26.3 Å². The second-order valence-corrected chi connectivity index (χ2v) is 11.4. The molecule has 2 aromatic rings. The Labute approximate surface area is 280 Å². The van der Waals surface area contributed by atoms with Gasteiger partial charge in [-0.2, -0.15) is 0 Å². The molecule has 13 heteroatoms.